The van der Waals surface area contributed by atoms with Gasteiger partial charge in [-0.25, -0.2) is 4.68 Å². The van der Waals surface area contributed by atoms with Crippen LogP contribution in [0.1, 0.15) is 35.8 Å². The molecule has 1 aliphatic rings. The Balaban J connectivity index is 1.81. The summed E-state index contributed by atoms with van der Waals surface area (Å²) < 4.78 is 1.82. The predicted octanol–water partition coefficient (Wildman–Crippen LogP) is 1.77. The average Bonchev–Trinajstić information content (AvgIpc) is 3.06. The molecule has 3 rings (SSSR count). The Morgan fingerprint density at radius 2 is 1.88 bits per heavy atom. The zero-order chi connectivity index (χ0) is 17.1. The third kappa shape index (κ3) is 3.04. The number of hydrogen-bond donors (Lipinski definition) is 1. The van der Waals surface area contributed by atoms with E-state index in [1.165, 1.54) is 0 Å². The van der Waals surface area contributed by atoms with Crippen LogP contribution in [0, 0.1) is 5.92 Å². The molecule has 1 saturated heterocycles. The third-order valence-electron chi connectivity index (χ3n) is 4.62. The van der Waals surface area contributed by atoms with Crippen LogP contribution in [0.25, 0.3) is 5.69 Å². The van der Waals surface area contributed by atoms with Gasteiger partial charge >= 0.3 is 0 Å². The second-order valence-electron chi connectivity index (χ2n) is 6.07. The molecule has 2 N–H and O–H groups in total. The molecule has 0 bridgehead atoms. The number of nitrogens with zero attached hydrogens (tertiary/aromatic N) is 3. The Bertz CT molecular complexity index is 731. The molecule has 126 valence electrons. The van der Waals surface area contributed by atoms with E-state index in [0.29, 0.717) is 37.9 Å². The van der Waals surface area contributed by atoms with Crippen LogP contribution in [0.3, 0.4) is 0 Å². The van der Waals surface area contributed by atoms with Gasteiger partial charge in [0.25, 0.3) is 5.91 Å². The van der Waals surface area contributed by atoms with Crippen LogP contribution in [0.15, 0.2) is 36.5 Å². The number of benzene rings is 1. The Labute approximate surface area is 141 Å². The second kappa shape index (κ2) is 6.86. The Kier molecular flexibility index (Phi) is 4.64. The molecule has 2 amide bonds. The maximum Gasteiger partial charge on any atom is 0.257 e. The van der Waals surface area contributed by atoms with Gasteiger partial charge in [-0.1, -0.05) is 25.1 Å². The normalized spacial score (nSPS) is 15.5. The molecule has 0 saturated carbocycles. The molecule has 2 aromatic rings. The van der Waals surface area contributed by atoms with Crippen LogP contribution in [0.5, 0.6) is 0 Å². The molecule has 1 aliphatic heterocycles. The van der Waals surface area contributed by atoms with Gasteiger partial charge in [-0.05, 0) is 31.4 Å². The van der Waals surface area contributed by atoms with E-state index in [1.54, 1.807) is 11.1 Å². The molecular formula is C18H22N4O2. The first-order valence-electron chi connectivity index (χ1n) is 8.32. The number of hydrogen-bond acceptors (Lipinski definition) is 3. The highest BCUT2D eigenvalue weighted by atomic mass is 16.2. The highest BCUT2D eigenvalue weighted by molar-refractivity contribution is 5.95. The first kappa shape index (κ1) is 16.2. The quantitative estimate of drug-likeness (QED) is 0.930. The van der Waals surface area contributed by atoms with Crippen molar-refractivity contribution in [2.45, 2.75) is 26.2 Å². The van der Waals surface area contributed by atoms with E-state index in [9.17, 15) is 9.59 Å². The van der Waals surface area contributed by atoms with E-state index in [2.05, 4.69) is 5.10 Å². The van der Waals surface area contributed by atoms with Gasteiger partial charge in [-0.3, -0.25) is 9.59 Å². The lowest BCUT2D eigenvalue weighted by molar-refractivity contribution is -0.123. The van der Waals surface area contributed by atoms with Crippen molar-refractivity contribution in [3.63, 3.8) is 0 Å². The first-order valence-corrected chi connectivity index (χ1v) is 8.32. The summed E-state index contributed by atoms with van der Waals surface area (Å²) in [6.07, 6.45) is 3.63. The Hall–Kier alpha value is -2.63. The summed E-state index contributed by atoms with van der Waals surface area (Å²) in [6, 6.07) is 9.80. The summed E-state index contributed by atoms with van der Waals surface area (Å²) in [7, 11) is 0. The van der Waals surface area contributed by atoms with E-state index >= 15 is 0 Å². The number of amides is 2. The molecule has 1 fully saturated rings. The van der Waals surface area contributed by atoms with Crippen LogP contribution < -0.4 is 5.73 Å². The lowest BCUT2D eigenvalue weighted by Gasteiger charge is -2.30. The standard InChI is InChI=1S/C18H22N4O2/c1-2-16-15(12-20-22(16)14-6-4-3-5-7-14)18(24)21-10-8-13(9-11-21)17(19)23/h3-7,12-13H,2,8-11H2,1H3,(H2,19,23). The number of rotatable bonds is 4. The lowest BCUT2D eigenvalue weighted by atomic mass is 9.96. The lowest BCUT2D eigenvalue weighted by Crippen LogP contribution is -2.41. The third-order valence-corrected chi connectivity index (χ3v) is 4.62. The number of nitrogens with two attached hydrogens (primary N) is 1. The number of primary amides is 1. The van der Waals surface area contributed by atoms with Crippen LogP contribution in [-0.4, -0.2) is 39.6 Å². The monoisotopic (exact) mass is 326 g/mol. The molecule has 6 nitrogen and oxygen atoms in total. The van der Waals surface area contributed by atoms with E-state index < -0.39 is 0 Å². The van der Waals surface area contributed by atoms with Crippen LogP contribution >= 0.6 is 0 Å². The highest BCUT2D eigenvalue weighted by Gasteiger charge is 2.28. The van der Waals surface area contributed by atoms with Crippen LogP contribution in [-0.2, 0) is 11.2 Å². The van der Waals surface area contributed by atoms with E-state index in [1.807, 2.05) is 41.9 Å². The highest BCUT2D eigenvalue weighted by Crippen LogP contribution is 2.22. The van der Waals surface area contributed by atoms with Gasteiger partial charge in [0.1, 0.15) is 0 Å². The minimum Gasteiger partial charge on any atom is -0.369 e. The van der Waals surface area contributed by atoms with Crippen LogP contribution in [0.4, 0.5) is 0 Å². The zero-order valence-corrected chi connectivity index (χ0v) is 13.8. The predicted molar refractivity (Wildman–Crippen MR) is 90.8 cm³/mol. The maximum absolute atomic E-state index is 12.9. The summed E-state index contributed by atoms with van der Waals surface area (Å²) in [5.41, 5.74) is 7.85. The summed E-state index contributed by atoms with van der Waals surface area (Å²) in [5, 5.41) is 4.41. The van der Waals surface area contributed by atoms with E-state index in [-0.39, 0.29) is 17.7 Å². The molecule has 0 atom stereocenters. The van der Waals surface area contributed by atoms with Gasteiger partial charge < -0.3 is 10.6 Å². The molecule has 0 aliphatic carbocycles. The molecule has 0 spiro atoms. The van der Waals surface area contributed by atoms with Crippen molar-refractivity contribution in [2.24, 2.45) is 11.7 Å². The summed E-state index contributed by atoms with van der Waals surface area (Å²) >= 11 is 0. The van der Waals surface area contributed by atoms with Crippen molar-refractivity contribution in [2.75, 3.05) is 13.1 Å². The van der Waals surface area contributed by atoms with Gasteiger partial charge in [-0.15, -0.1) is 0 Å². The fraction of sp³-hybridized carbons (Fsp3) is 0.389. The van der Waals surface area contributed by atoms with Crippen molar-refractivity contribution in [3.05, 3.63) is 47.8 Å². The van der Waals surface area contributed by atoms with E-state index in [4.69, 9.17) is 5.73 Å². The largest absolute Gasteiger partial charge is 0.369 e. The fourth-order valence-corrected chi connectivity index (χ4v) is 3.22. The zero-order valence-electron chi connectivity index (χ0n) is 13.8. The minimum absolute atomic E-state index is 0.0167. The van der Waals surface area contributed by atoms with Crippen molar-refractivity contribution in [1.82, 2.24) is 14.7 Å². The topological polar surface area (TPSA) is 81.2 Å². The molecule has 1 aromatic carbocycles. The average molecular weight is 326 g/mol. The van der Waals surface area contributed by atoms with Gasteiger partial charge in [0.15, 0.2) is 0 Å². The molecule has 1 aromatic heterocycles. The molecular weight excluding hydrogens is 304 g/mol. The Morgan fingerprint density at radius 3 is 2.46 bits per heavy atom. The van der Waals surface area contributed by atoms with Crippen LogP contribution in [0.2, 0.25) is 0 Å². The number of carbonyl (C=O) groups is 2. The fourth-order valence-electron chi connectivity index (χ4n) is 3.22. The number of piperidine rings is 1. The first-order chi connectivity index (χ1) is 11.6. The summed E-state index contributed by atoms with van der Waals surface area (Å²) in [5.74, 6) is -0.406. The second-order valence-corrected chi connectivity index (χ2v) is 6.07. The maximum atomic E-state index is 12.9. The van der Waals surface area contributed by atoms with Crippen molar-refractivity contribution < 1.29 is 9.59 Å². The number of carbonyl (C=O) groups excluding carboxylic acids is 2. The summed E-state index contributed by atoms with van der Waals surface area (Å²) in [6.45, 7) is 3.14. The molecule has 0 unspecified atom stereocenters. The Morgan fingerprint density at radius 1 is 1.21 bits per heavy atom. The molecule has 0 radical (unpaired) electrons. The van der Waals surface area contributed by atoms with E-state index in [0.717, 1.165) is 11.4 Å². The minimum atomic E-state index is -0.270. The van der Waals surface area contributed by atoms with Crippen molar-refractivity contribution in [1.29, 1.82) is 0 Å². The van der Waals surface area contributed by atoms with Gasteiger partial charge in [0.05, 0.1) is 23.1 Å². The molecule has 6 heteroatoms. The van der Waals surface area contributed by atoms with Gasteiger partial charge in [-0.2, -0.15) is 5.10 Å². The molecule has 2 heterocycles. The molecule has 24 heavy (non-hydrogen) atoms. The van der Waals surface area contributed by atoms with Crippen molar-refractivity contribution >= 4 is 11.8 Å². The van der Waals surface area contributed by atoms with Crippen molar-refractivity contribution in [3.8, 4) is 5.69 Å². The number of aromatic nitrogens is 2. The smallest absolute Gasteiger partial charge is 0.257 e. The SMILES string of the molecule is CCc1c(C(=O)N2CCC(C(N)=O)CC2)cnn1-c1ccccc1. The number of likely N-dealkylation sites (tertiary alicyclic amines) is 1. The number of para-hydroxylation sites is 1. The van der Waals surface area contributed by atoms with Gasteiger partial charge in [0.2, 0.25) is 5.91 Å². The summed E-state index contributed by atoms with van der Waals surface area (Å²) in [4.78, 5) is 25.9. The van der Waals surface area contributed by atoms with Gasteiger partial charge in [0, 0.05) is 19.0 Å².